The van der Waals surface area contributed by atoms with Gasteiger partial charge in [0.05, 0.1) is 19.4 Å². The second-order valence-corrected chi connectivity index (χ2v) is 18.7. The van der Waals surface area contributed by atoms with Gasteiger partial charge in [-0.15, -0.1) is 0 Å². The van der Waals surface area contributed by atoms with E-state index in [1.54, 1.807) is 13.8 Å². The molecule has 13 nitrogen and oxygen atoms in total. The monoisotopic (exact) mass is 911 g/mol. The number of unbranched alkanes of at least 4 members (excludes halogenated alkanes) is 15. The number of rotatable bonds is 43. The van der Waals surface area contributed by atoms with E-state index < -0.39 is 47.4 Å². The highest BCUT2D eigenvalue weighted by Crippen LogP contribution is 2.26. The van der Waals surface area contributed by atoms with Gasteiger partial charge in [0.1, 0.15) is 19.3 Å². The van der Waals surface area contributed by atoms with Gasteiger partial charge in [-0.1, -0.05) is 151 Å². The van der Waals surface area contributed by atoms with Gasteiger partial charge in [0, 0.05) is 37.8 Å². The molecule has 13 heteroatoms. The molecule has 3 atom stereocenters. The molecule has 0 heterocycles. The third-order valence-corrected chi connectivity index (χ3v) is 11.5. The molecular formula is C51H94N2O11. The Kier molecular flexibility index (Phi) is 38.1. The van der Waals surface area contributed by atoms with Crippen LogP contribution in [0.15, 0.2) is 0 Å². The van der Waals surface area contributed by atoms with Crippen molar-refractivity contribution >= 4 is 35.8 Å². The number of esters is 5. The molecule has 0 spiro atoms. The minimum Gasteiger partial charge on any atom is -0.465 e. The van der Waals surface area contributed by atoms with Crippen molar-refractivity contribution < 1.29 is 52.5 Å². The highest BCUT2D eigenvalue weighted by atomic mass is 16.6. The van der Waals surface area contributed by atoms with Crippen LogP contribution in [-0.2, 0) is 52.5 Å². The molecule has 1 N–H and O–H groups in total. The highest BCUT2D eigenvalue weighted by molar-refractivity contribution is 5.85. The average Bonchev–Trinajstić information content (AvgIpc) is 3.25. The Bertz CT molecular complexity index is 1240. The summed E-state index contributed by atoms with van der Waals surface area (Å²) in [4.78, 5) is 79.3. The van der Waals surface area contributed by atoms with E-state index in [1.165, 1.54) is 51.4 Å². The maximum Gasteiger partial charge on any atom is 0.307 e. The number of hydrogen-bond acceptors (Lipinski definition) is 12. The molecule has 0 aliphatic rings. The summed E-state index contributed by atoms with van der Waals surface area (Å²) < 4.78 is 28.1. The first-order valence-electron chi connectivity index (χ1n) is 25.5. The standard InChI is InChI=1S/C51H94N2O11/c1-9-13-17-21-23-25-30-42(29-24-19-15-11-3)39-60-45(55)35-37-52-50(59)49(51(5,6)41-62-46(56)36-38-53(7)8)64-48(58)34-28-33-44(54)61-40-43(31-26-20-16-12-4)63-47(57)32-27-22-18-14-10-2/h42-43,49H,9-41H2,1-8H3,(H,52,59). The first-order valence-corrected chi connectivity index (χ1v) is 25.5. The zero-order valence-corrected chi connectivity index (χ0v) is 42.0. The van der Waals surface area contributed by atoms with Crippen LogP contribution in [0.2, 0.25) is 0 Å². The van der Waals surface area contributed by atoms with Gasteiger partial charge in [0.25, 0.3) is 5.91 Å². The Hall–Kier alpha value is -3.22. The molecule has 0 aromatic rings. The van der Waals surface area contributed by atoms with Crippen LogP contribution in [0, 0.1) is 11.3 Å². The van der Waals surface area contributed by atoms with Crippen LogP contribution >= 0.6 is 0 Å². The van der Waals surface area contributed by atoms with Gasteiger partial charge >= 0.3 is 29.8 Å². The van der Waals surface area contributed by atoms with Crippen molar-refractivity contribution in [1.29, 1.82) is 0 Å². The van der Waals surface area contributed by atoms with E-state index in [9.17, 15) is 28.8 Å². The van der Waals surface area contributed by atoms with Crippen LogP contribution < -0.4 is 5.32 Å². The van der Waals surface area contributed by atoms with Gasteiger partial charge in [0.15, 0.2) is 6.10 Å². The number of nitrogens with zero attached hydrogens (tertiary/aromatic N) is 1. The van der Waals surface area contributed by atoms with Crippen molar-refractivity contribution in [2.45, 2.75) is 234 Å². The quantitative estimate of drug-likeness (QED) is 0.0350. The third-order valence-electron chi connectivity index (χ3n) is 11.5. The predicted molar refractivity (Wildman–Crippen MR) is 253 cm³/mol. The van der Waals surface area contributed by atoms with Crippen LogP contribution in [0.3, 0.4) is 0 Å². The smallest absolute Gasteiger partial charge is 0.307 e. The summed E-state index contributed by atoms with van der Waals surface area (Å²) in [5.41, 5.74) is -1.13. The van der Waals surface area contributed by atoms with Gasteiger partial charge in [0.2, 0.25) is 0 Å². The van der Waals surface area contributed by atoms with Crippen molar-refractivity contribution in [3.63, 3.8) is 0 Å². The molecule has 0 aliphatic carbocycles. The SMILES string of the molecule is CCCCCCCCC(CCCCCC)COC(=O)CCNC(=O)C(OC(=O)CCCC(=O)OCC(CCCCCC)OC(=O)CCCCCCC)C(C)(C)COC(=O)CCN(C)C. The van der Waals surface area contributed by atoms with Crippen molar-refractivity contribution in [3.8, 4) is 0 Å². The minimum atomic E-state index is -1.36. The maximum atomic E-state index is 13.6. The normalized spacial score (nSPS) is 12.9. The second-order valence-electron chi connectivity index (χ2n) is 18.7. The lowest BCUT2D eigenvalue weighted by molar-refractivity contribution is -0.169. The molecule has 0 rings (SSSR count). The number of nitrogens with one attached hydrogen (secondary N) is 1. The summed E-state index contributed by atoms with van der Waals surface area (Å²) in [6.45, 7) is 12.6. The largest absolute Gasteiger partial charge is 0.465 e. The van der Waals surface area contributed by atoms with Gasteiger partial charge in [-0.05, 0) is 58.5 Å². The molecule has 0 saturated carbocycles. The van der Waals surface area contributed by atoms with E-state index in [1.807, 2.05) is 19.0 Å². The Morgan fingerprint density at radius 1 is 0.484 bits per heavy atom. The molecule has 64 heavy (non-hydrogen) atoms. The van der Waals surface area contributed by atoms with Crippen LogP contribution in [0.25, 0.3) is 0 Å². The van der Waals surface area contributed by atoms with Gasteiger partial charge in [-0.2, -0.15) is 0 Å². The van der Waals surface area contributed by atoms with Crippen molar-refractivity contribution in [3.05, 3.63) is 0 Å². The molecule has 0 fully saturated rings. The molecule has 374 valence electrons. The summed E-state index contributed by atoms with van der Waals surface area (Å²) in [7, 11) is 3.69. The topological polar surface area (TPSA) is 164 Å². The minimum absolute atomic E-state index is 0.0251. The molecule has 1 amide bonds. The van der Waals surface area contributed by atoms with Crippen LogP contribution in [0.5, 0.6) is 0 Å². The summed E-state index contributed by atoms with van der Waals surface area (Å²) in [6, 6.07) is 0. The number of carbonyl (C=O) groups is 6. The summed E-state index contributed by atoms with van der Waals surface area (Å²) in [5, 5.41) is 2.73. The summed E-state index contributed by atoms with van der Waals surface area (Å²) in [5.74, 6) is -2.70. The van der Waals surface area contributed by atoms with Crippen molar-refractivity contribution in [2.75, 3.05) is 47.0 Å². The number of amides is 1. The second kappa shape index (κ2) is 40.1. The van der Waals surface area contributed by atoms with E-state index in [0.29, 0.717) is 31.9 Å². The first-order chi connectivity index (χ1) is 30.7. The van der Waals surface area contributed by atoms with E-state index >= 15 is 0 Å². The third kappa shape index (κ3) is 35.1. The van der Waals surface area contributed by atoms with Crippen molar-refractivity contribution in [2.24, 2.45) is 11.3 Å². The lowest BCUT2D eigenvalue weighted by atomic mass is 9.86. The summed E-state index contributed by atoms with van der Waals surface area (Å²) in [6.07, 6.45) is 22.1. The highest BCUT2D eigenvalue weighted by Gasteiger charge is 2.40. The van der Waals surface area contributed by atoms with Crippen LogP contribution in [0.4, 0.5) is 0 Å². The van der Waals surface area contributed by atoms with Gasteiger partial charge < -0.3 is 33.9 Å². The maximum absolute atomic E-state index is 13.6. The zero-order chi connectivity index (χ0) is 47.9. The molecular weight excluding hydrogens is 817 g/mol. The summed E-state index contributed by atoms with van der Waals surface area (Å²) >= 11 is 0. The van der Waals surface area contributed by atoms with Crippen molar-refractivity contribution in [1.82, 2.24) is 10.2 Å². The molecule has 0 saturated heterocycles. The molecule has 0 aromatic heterocycles. The van der Waals surface area contributed by atoms with E-state index in [0.717, 1.165) is 83.5 Å². The number of ether oxygens (including phenoxy) is 5. The fourth-order valence-electron chi connectivity index (χ4n) is 7.26. The number of carbonyl (C=O) groups excluding carboxylic acids is 6. The lowest BCUT2D eigenvalue weighted by Gasteiger charge is -2.32. The molecule has 0 aliphatic heterocycles. The molecule has 0 radical (unpaired) electrons. The van der Waals surface area contributed by atoms with Gasteiger partial charge in [-0.25, -0.2) is 0 Å². The van der Waals surface area contributed by atoms with Crippen LogP contribution in [-0.4, -0.2) is 99.9 Å². The van der Waals surface area contributed by atoms with E-state index in [-0.39, 0.29) is 57.8 Å². The number of hydrogen-bond donors (Lipinski definition) is 1. The fourth-order valence-corrected chi connectivity index (χ4v) is 7.26. The molecule has 0 aromatic carbocycles. The Labute approximate surface area is 389 Å². The predicted octanol–water partition coefficient (Wildman–Crippen LogP) is 10.8. The average molecular weight is 911 g/mol. The lowest BCUT2D eigenvalue weighted by Crippen LogP contribution is -2.49. The first kappa shape index (κ1) is 60.8. The Balaban J connectivity index is 5.36. The molecule has 0 bridgehead atoms. The molecule has 3 unspecified atom stereocenters. The Morgan fingerprint density at radius 2 is 0.938 bits per heavy atom. The van der Waals surface area contributed by atoms with Crippen LogP contribution in [0.1, 0.15) is 221 Å². The van der Waals surface area contributed by atoms with E-state index in [2.05, 4.69) is 33.0 Å². The fraction of sp³-hybridized carbons (Fsp3) is 0.882. The van der Waals surface area contributed by atoms with Gasteiger partial charge in [-0.3, -0.25) is 28.8 Å². The Morgan fingerprint density at radius 3 is 1.53 bits per heavy atom. The zero-order valence-electron chi connectivity index (χ0n) is 42.0. The van der Waals surface area contributed by atoms with E-state index in [4.69, 9.17) is 23.7 Å².